The first kappa shape index (κ1) is 21.3. The van der Waals surface area contributed by atoms with E-state index in [4.69, 9.17) is 9.16 Å². The molecular formula is C16H29FN2O6Si. The number of hydrogen-bond donors (Lipinski definition) is 4. The summed E-state index contributed by atoms with van der Waals surface area (Å²) in [5, 5.41) is 31.1. The molecule has 150 valence electrons. The fourth-order valence-corrected chi connectivity index (χ4v) is 4.02. The molecule has 0 aliphatic carbocycles. The van der Waals surface area contributed by atoms with E-state index in [0.717, 1.165) is 4.90 Å². The van der Waals surface area contributed by atoms with Crippen LogP contribution in [0.2, 0.25) is 18.1 Å². The van der Waals surface area contributed by atoms with Gasteiger partial charge in [0, 0.05) is 6.20 Å². The number of ether oxygens (including phenoxy) is 1. The van der Waals surface area contributed by atoms with Crippen molar-refractivity contribution in [1.29, 1.82) is 0 Å². The fourth-order valence-electron chi connectivity index (χ4n) is 2.68. The fraction of sp³-hybridized carbons (Fsp3) is 0.812. The van der Waals surface area contributed by atoms with Gasteiger partial charge >= 0.3 is 6.03 Å². The van der Waals surface area contributed by atoms with Crippen molar-refractivity contribution >= 4 is 14.3 Å². The molecule has 1 fully saturated rings. The van der Waals surface area contributed by atoms with E-state index in [2.05, 4.69) is 5.32 Å². The van der Waals surface area contributed by atoms with Crippen LogP contribution >= 0.6 is 0 Å². The Kier molecular flexibility index (Phi) is 5.86. The minimum Gasteiger partial charge on any atom is -0.408 e. The summed E-state index contributed by atoms with van der Waals surface area (Å²) in [6, 6.07) is -0.745. The Morgan fingerprint density at radius 2 is 1.96 bits per heavy atom. The van der Waals surface area contributed by atoms with E-state index in [1.807, 2.05) is 33.9 Å². The average Bonchev–Trinajstić information content (AvgIpc) is 2.80. The molecule has 0 spiro atoms. The molecule has 0 aromatic carbocycles. The van der Waals surface area contributed by atoms with Crippen LogP contribution in [-0.4, -0.2) is 78.1 Å². The molecule has 2 amide bonds. The van der Waals surface area contributed by atoms with Crippen molar-refractivity contribution < 1.29 is 33.7 Å². The number of aliphatic hydroxyl groups excluding tert-OH is 3. The van der Waals surface area contributed by atoms with Gasteiger partial charge in [-0.2, -0.15) is 0 Å². The summed E-state index contributed by atoms with van der Waals surface area (Å²) >= 11 is 0. The van der Waals surface area contributed by atoms with Crippen molar-refractivity contribution in [2.45, 2.75) is 69.2 Å². The highest BCUT2D eigenvalue weighted by molar-refractivity contribution is 6.74. The maximum absolute atomic E-state index is 15.3. The van der Waals surface area contributed by atoms with Gasteiger partial charge in [0.15, 0.2) is 20.7 Å². The zero-order chi connectivity index (χ0) is 19.9. The number of amides is 2. The van der Waals surface area contributed by atoms with Crippen molar-refractivity contribution in [3.8, 4) is 0 Å². The molecule has 0 aromatic heterocycles. The Labute approximate surface area is 153 Å². The van der Waals surface area contributed by atoms with Gasteiger partial charge in [-0.25, -0.2) is 9.18 Å². The van der Waals surface area contributed by atoms with Crippen LogP contribution < -0.4 is 5.32 Å². The van der Waals surface area contributed by atoms with Gasteiger partial charge in [-0.1, -0.05) is 20.8 Å². The minimum absolute atomic E-state index is 0.228. The van der Waals surface area contributed by atoms with Crippen LogP contribution in [-0.2, 0) is 9.16 Å². The molecule has 0 radical (unpaired) electrons. The monoisotopic (exact) mass is 392 g/mol. The number of carbonyl (C=O) groups excluding carboxylic acids is 1. The lowest BCUT2D eigenvalue weighted by Crippen LogP contribution is -2.56. The van der Waals surface area contributed by atoms with Crippen molar-refractivity contribution in [2.24, 2.45) is 0 Å². The first-order valence-corrected chi connectivity index (χ1v) is 11.5. The number of aliphatic hydroxyl groups is 3. The van der Waals surface area contributed by atoms with Crippen molar-refractivity contribution in [3.63, 3.8) is 0 Å². The van der Waals surface area contributed by atoms with Crippen LogP contribution in [0, 0.1) is 0 Å². The predicted octanol–water partition coefficient (Wildman–Crippen LogP) is 0.652. The van der Waals surface area contributed by atoms with Gasteiger partial charge in [-0.3, -0.25) is 4.90 Å². The van der Waals surface area contributed by atoms with Gasteiger partial charge < -0.3 is 29.8 Å². The zero-order valence-corrected chi connectivity index (χ0v) is 16.8. The molecule has 2 aliphatic rings. The Hall–Kier alpha value is -1.04. The maximum atomic E-state index is 15.3. The third kappa shape index (κ3) is 3.66. The summed E-state index contributed by atoms with van der Waals surface area (Å²) in [6.45, 7) is 8.49. The number of halogens is 1. The Morgan fingerprint density at radius 1 is 1.38 bits per heavy atom. The van der Waals surface area contributed by atoms with Crippen molar-refractivity contribution in [2.75, 3.05) is 13.2 Å². The number of nitrogens with zero attached hydrogens (tertiary/aromatic N) is 1. The molecule has 0 aromatic rings. The molecule has 2 aliphatic heterocycles. The topological polar surface area (TPSA) is 111 Å². The van der Waals surface area contributed by atoms with Gasteiger partial charge in [0.2, 0.25) is 0 Å². The first-order chi connectivity index (χ1) is 11.9. The third-order valence-corrected chi connectivity index (χ3v) is 9.86. The summed E-state index contributed by atoms with van der Waals surface area (Å²) in [4.78, 5) is 13.0. The van der Waals surface area contributed by atoms with Crippen LogP contribution in [0.4, 0.5) is 9.18 Å². The van der Waals surface area contributed by atoms with E-state index in [1.54, 1.807) is 0 Å². The van der Waals surface area contributed by atoms with Crippen LogP contribution in [0.5, 0.6) is 0 Å². The Bertz CT molecular complexity index is 563. The second-order valence-corrected chi connectivity index (χ2v) is 13.0. The SMILES string of the molecule is CC(C)(C)[Si](C)(C)OC1[C@@H](F)[C@H](N2C=CC(O)NC2=O)OC1(CO)CO. The molecular weight excluding hydrogens is 363 g/mol. The van der Waals surface area contributed by atoms with Gasteiger partial charge in [0.05, 0.1) is 13.2 Å². The van der Waals surface area contributed by atoms with Crippen molar-refractivity contribution in [3.05, 3.63) is 12.3 Å². The lowest BCUT2D eigenvalue weighted by molar-refractivity contribution is -0.150. The predicted molar refractivity (Wildman–Crippen MR) is 94.3 cm³/mol. The first-order valence-electron chi connectivity index (χ1n) is 8.55. The zero-order valence-electron chi connectivity index (χ0n) is 15.8. The van der Waals surface area contributed by atoms with Gasteiger partial charge in [-0.15, -0.1) is 0 Å². The summed E-state index contributed by atoms with van der Waals surface area (Å²) < 4.78 is 27.1. The molecule has 2 rings (SSSR count). The number of urea groups is 1. The van der Waals surface area contributed by atoms with Crippen molar-refractivity contribution in [1.82, 2.24) is 10.2 Å². The quantitative estimate of drug-likeness (QED) is 0.511. The molecule has 4 atom stereocenters. The highest BCUT2D eigenvalue weighted by Gasteiger charge is 2.60. The second-order valence-electron chi connectivity index (χ2n) is 8.28. The van der Waals surface area contributed by atoms with Crippen LogP contribution in [0.1, 0.15) is 20.8 Å². The van der Waals surface area contributed by atoms with E-state index in [0.29, 0.717) is 0 Å². The molecule has 2 heterocycles. The van der Waals surface area contributed by atoms with Gasteiger partial charge in [0.25, 0.3) is 0 Å². The molecule has 26 heavy (non-hydrogen) atoms. The van der Waals surface area contributed by atoms with Gasteiger partial charge in [0.1, 0.15) is 17.9 Å². The maximum Gasteiger partial charge on any atom is 0.325 e. The number of alkyl halides is 1. The summed E-state index contributed by atoms with van der Waals surface area (Å²) in [7, 11) is -2.46. The van der Waals surface area contributed by atoms with E-state index < -0.39 is 57.9 Å². The summed E-state index contributed by atoms with van der Waals surface area (Å²) in [5.74, 6) is 0. The standard InChI is InChI=1S/C16H29FN2O6Si/c1-15(2,3)26(4,5)25-12-11(17)13(24-16(12,8-20)9-21)19-7-6-10(22)18-14(19)23/h6-7,10-13,20-22H,8-9H2,1-5H3,(H,18,23)/t10?,11-,12?,13-/m1/s1. The molecule has 0 bridgehead atoms. The minimum atomic E-state index is -2.46. The molecule has 10 heteroatoms. The van der Waals surface area contributed by atoms with E-state index in [-0.39, 0.29) is 5.04 Å². The van der Waals surface area contributed by atoms with E-state index in [1.165, 1.54) is 12.3 Å². The third-order valence-electron chi connectivity index (χ3n) is 5.41. The highest BCUT2D eigenvalue weighted by Crippen LogP contribution is 2.44. The van der Waals surface area contributed by atoms with Gasteiger partial charge in [-0.05, 0) is 24.2 Å². The number of hydrogen-bond acceptors (Lipinski definition) is 6. The smallest absolute Gasteiger partial charge is 0.325 e. The lowest BCUT2D eigenvalue weighted by Gasteiger charge is -2.42. The number of nitrogens with one attached hydrogen (secondary N) is 1. The van der Waals surface area contributed by atoms with E-state index in [9.17, 15) is 20.1 Å². The average molecular weight is 393 g/mol. The van der Waals surface area contributed by atoms with Crippen LogP contribution in [0.3, 0.4) is 0 Å². The highest BCUT2D eigenvalue weighted by atomic mass is 28.4. The summed E-state index contributed by atoms with van der Waals surface area (Å²) in [6.07, 6.45) is -3.12. The second kappa shape index (κ2) is 7.17. The number of rotatable bonds is 5. The lowest BCUT2D eigenvalue weighted by atomic mass is 9.98. The molecule has 2 unspecified atom stereocenters. The molecule has 1 saturated heterocycles. The number of carbonyl (C=O) groups is 1. The molecule has 4 N–H and O–H groups in total. The van der Waals surface area contributed by atoms with Crippen LogP contribution in [0.25, 0.3) is 0 Å². The Morgan fingerprint density at radius 3 is 2.42 bits per heavy atom. The van der Waals surface area contributed by atoms with E-state index >= 15 is 4.39 Å². The summed E-state index contributed by atoms with van der Waals surface area (Å²) in [5.41, 5.74) is -1.68. The van der Waals surface area contributed by atoms with Crippen LogP contribution in [0.15, 0.2) is 12.3 Å². The molecule has 0 saturated carbocycles. The normalized spacial score (nSPS) is 32.0. The largest absolute Gasteiger partial charge is 0.408 e. The molecule has 8 nitrogen and oxygen atoms in total. The Balaban J connectivity index is 2.34.